The van der Waals surface area contributed by atoms with E-state index in [1.807, 2.05) is 10.9 Å². The van der Waals surface area contributed by atoms with Crippen LogP contribution in [0, 0.1) is 0 Å². The lowest BCUT2D eigenvalue weighted by Crippen LogP contribution is -2.24. The maximum atomic E-state index is 6.04. The van der Waals surface area contributed by atoms with Crippen molar-refractivity contribution < 1.29 is 0 Å². The van der Waals surface area contributed by atoms with Crippen LogP contribution in [0.2, 0.25) is 0 Å². The van der Waals surface area contributed by atoms with Crippen LogP contribution in [0.5, 0.6) is 0 Å². The molecule has 1 aliphatic rings. The maximum absolute atomic E-state index is 6.04. The summed E-state index contributed by atoms with van der Waals surface area (Å²) in [6.07, 6.45) is 7.31. The highest BCUT2D eigenvalue weighted by atomic mass is 15.3. The fourth-order valence-electron chi connectivity index (χ4n) is 2.34. The van der Waals surface area contributed by atoms with E-state index in [-0.39, 0.29) is 0 Å². The van der Waals surface area contributed by atoms with E-state index < -0.39 is 0 Å². The second kappa shape index (κ2) is 5.34. The molecule has 0 radical (unpaired) electrons. The SMILES string of the molecule is CCn1ncc(CN2CCCCCC2)c1N. The Kier molecular flexibility index (Phi) is 3.83. The molecule has 0 bridgehead atoms. The van der Waals surface area contributed by atoms with Crippen molar-refractivity contribution in [3.8, 4) is 0 Å². The van der Waals surface area contributed by atoms with Crippen LogP contribution in [-0.4, -0.2) is 27.8 Å². The van der Waals surface area contributed by atoms with Gasteiger partial charge in [0.25, 0.3) is 0 Å². The third-order valence-electron chi connectivity index (χ3n) is 3.35. The standard InChI is InChI=1S/C12H22N4/c1-2-16-12(13)11(9-14-16)10-15-7-5-3-4-6-8-15/h9H,2-8,10,13H2,1H3. The Hall–Kier alpha value is -1.03. The Morgan fingerprint density at radius 3 is 2.50 bits per heavy atom. The summed E-state index contributed by atoms with van der Waals surface area (Å²) in [5, 5.41) is 4.29. The molecule has 0 unspecified atom stereocenters. The van der Waals surface area contributed by atoms with Gasteiger partial charge in [-0.2, -0.15) is 5.10 Å². The molecule has 1 saturated heterocycles. The summed E-state index contributed by atoms with van der Waals surface area (Å²) in [5.41, 5.74) is 7.23. The molecule has 0 amide bonds. The summed E-state index contributed by atoms with van der Waals surface area (Å²) in [7, 11) is 0. The van der Waals surface area contributed by atoms with Crippen LogP contribution in [0.1, 0.15) is 38.2 Å². The van der Waals surface area contributed by atoms with E-state index in [2.05, 4.69) is 16.9 Å². The van der Waals surface area contributed by atoms with Crippen LogP contribution in [0.3, 0.4) is 0 Å². The van der Waals surface area contributed by atoms with Crippen molar-refractivity contribution in [1.82, 2.24) is 14.7 Å². The van der Waals surface area contributed by atoms with Gasteiger partial charge in [-0.3, -0.25) is 9.58 Å². The van der Waals surface area contributed by atoms with Crippen molar-refractivity contribution in [2.75, 3.05) is 18.8 Å². The van der Waals surface area contributed by atoms with Crippen molar-refractivity contribution in [2.24, 2.45) is 0 Å². The largest absolute Gasteiger partial charge is 0.384 e. The molecule has 2 heterocycles. The quantitative estimate of drug-likeness (QED) is 0.849. The minimum atomic E-state index is 0.840. The van der Waals surface area contributed by atoms with Crippen LogP contribution in [0.15, 0.2) is 6.20 Å². The molecule has 1 aromatic rings. The summed E-state index contributed by atoms with van der Waals surface area (Å²) in [5.74, 6) is 0.840. The van der Waals surface area contributed by atoms with Gasteiger partial charge in [-0.25, -0.2) is 0 Å². The molecular weight excluding hydrogens is 200 g/mol. The molecule has 1 aliphatic heterocycles. The first-order chi connectivity index (χ1) is 7.81. The minimum Gasteiger partial charge on any atom is -0.384 e. The van der Waals surface area contributed by atoms with Gasteiger partial charge in [0.15, 0.2) is 0 Å². The third-order valence-corrected chi connectivity index (χ3v) is 3.35. The molecule has 16 heavy (non-hydrogen) atoms. The van der Waals surface area contributed by atoms with E-state index in [4.69, 9.17) is 5.73 Å². The lowest BCUT2D eigenvalue weighted by atomic mass is 10.2. The first kappa shape index (κ1) is 11.5. The van der Waals surface area contributed by atoms with Gasteiger partial charge in [-0.15, -0.1) is 0 Å². The van der Waals surface area contributed by atoms with Crippen LogP contribution in [-0.2, 0) is 13.1 Å². The number of aryl methyl sites for hydroxylation is 1. The van der Waals surface area contributed by atoms with Crippen molar-refractivity contribution in [3.63, 3.8) is 0 Å². The number of likely N-dealkylation sites (tertiary alicyclic amines) is 1. The van der Waals surface area contributed by atoms with Crippen LogP contribution < -0.4 is 5.73 Å². The number of rotatable bonds is 3. The molecular formula is C12H22N4. The van der Waals surface area contributed by atoms with E-state index in [9.17, 15) is 0 Å². The molecule has 0 aromatic carbocycles. The predicted molar refractivity (Wildman–Crippen MR) is 66.1 cm³/mol. The number of anilines is 1. The van der Waals surface area contributed by atoms with Crippen LogP contribution in [0.4, 0.5) is 5.82 Å². The first-order valence-electron chi connectivity index (χ1n) is 6.33. The van der Waals surface area contributed by atoms with Gasteiger partial charge in [0.2, 0.25) is 0 Å². The smallest absolute Gasteiger partial charge is 0.126 e. The summed E-state index contributed by atoms with van der Waals surface area (Å²) in [4.78, 5) is 2.50. The van der Waals surface area contributed by atoms with Gasteiger partial charge in [0.1, 0.15) is 5.82 Å². The van der Waals surface area contributed by atoms with Crippen LogP contribution >= 0.6 is 0 Å². The molecule has 1 aromatic heterocycles. The van der Waals surface area contributed by atoms with Crippen molar-refractivity contribution in [3.05, 3.63) is 11.8 Å². The van der Waals surface area contributed by atoms with Gasteiger partial charge in [0, 0.05) is 18.7 Å². The highest BCUT2D eigenvalue weighted by Gasteiger charge is 2.13. The zero-order chi connectivity index (χ0) is 11.4. The fourth-order valence-corrected chi connectivity index (χ4v) is 2.34. The lowest BCUT2D eigenvalue weighted by molar-refractivity contribution is 0.277. The molecule has 2 N–H and O–H groups in total. The second-order valence-corrected chi connectivity index (χ2v) is 4.56. The average Bonchev–Trinajstić information content (AvgIpc) is 2.52. The third kappa shape index (κ3) is 2.55. The van der Waals surface area contributed by atoms with E-state index in [1.54, 1.807) is 0 Å². The number of nitrogens with zero attached hydrogens (tertiary/aromatic N) is 3. The molecule has 4 heteroatoms. The predicted octanol–water partition coefficient (Wildman–Crippen LogP) is 1.86. The van der Waals surface area contributed by atoms with E-state index in [0.29, 0.717) is 0 Å². The Morgan fingerprint density at radius 2 is 1.94 bits per heavy atom. The van der Waals surface area contributed by atoms with Gasteiger partial charge < -0.3 is 5.73 Å². The molecule has 4 nitrogen and oxygen atoms in total. The Morgan fingerprint density at radius 1 is 1.25 bits per heavy atom. The number of hydrogen-bond acceptors (Lipinski definition) is 3. The van der Waals surface area contributed by atoms with Crippen molar-refractivity contribution in [2.45, 2.75) is 45.7 Å². The number of aromatic nitrogens is 2. The van der Waals surface area contributed by atoms with E-state index in [1.165, 1.54) is 44.3 Å². The van der Waals surface area contributed by atoms with Crippen LogP contribution in [0.25, 0.3) is 0 Å². The normalized spacial score (nSPS) is 18.6. The van der Waals surface area contributed by atoms with E-state index in [0.717, 1.165) is 18.9 Å². The molecule has 0 aliphatic carbocycles. The zero-order valence-corrected chi connectivity index (χ0v) is 10.2. The Balaban J connectivity index is 1.99. The monoisotopic (exact) mass is 222 g/mol. The molecule has 2 rings (SSSR count). The van der Waals surface area contributed by atoms with Gasteiger partial charge in [0.05, 0.1) is 6.20 Å². The molecule has 0 atom stereocenters. The summed E-state index contributed by atoms with van der Waals surface area (Å²) in [6, 6.07) is 0. The number of hydrogen-bond donors (Lipinski definition) is 1. The maximum Gasteiger partial charge on any atom is 0.126 e. The van der Waals surface area contributed by atoms with Crippen molar-refractivity contribution >= 4 is 5.82 Å². The summed E-state index contributed by atoms with van der Waals surface area (Å²) >= 11 is 0. The van der Waals surface area contributed by atoms with Gasteiger partial charge >= 0.3 is 0 Å². The highest BCUT2D eigenvalue weighted by molar-refractivity contribution is 5.38. The summed E-state index contributed by atoms with van der Waals surface area (Å²) < 4.78 is 1.87. The number of nitrogen functional groups attached to an aromatic ring is 1. The van der Waals surface area contributed by atoms with Crippen molar-refractivity contribution in [1.29, 1.82) is 0 Å². The first-order valence-corrected chi connectivity index (χ1v) is 6.33. The van der Waals surface area contributed by atoms with Gasteiger partial charge in [-0.1, -0.05) is 12.8 Å². The highest BCUT2D eigenvalue weighted by Crippen LogP contribution is 2.17. The molecule has 1 fully saturated rings. The minimum absolute atomic E-state index is 0.840. The van der Waals surface area contributed by atoms with Gasteiger partial charge in [-0.05, 0) is 32.9 Å². The zero-order valence-electron chi connectivity index (χ0n) is 10.2. The summed E-state index contributed by atoms with van der Waals surface area (Å²) in [6.45, 7) is 6.30. The Labute approximate surface area is 97.4 Å². The Bertz CT molecular complexity index is 324. The van der Waals surface area contributed by atoms with E-state index >= 15 is 0 Å². The molecule has 90 valence electrons. The second-order valence-electron chi connectivity index (χ2n) is 4.56. The topological polar surface area (TPSA) is 47.1 Å². The molecule has 0 spiro atoms. The number of nitrogens with two attached hydrogens (primary N) is 1. The fraction of sp³-hybridized carbons (Fsp3) is 0.750. The average molecular weight is 222 g/mol. The lowest BCUT2D eigenvalue weighted by Gasteiger charge is -2.19. The molecule has 0 saturated carbocycles.